The summed E-state index contributed by atoms with van der Waals surface area (Å²) < 4.78 is 10.8. The van der Waals surface area contributed by atoms with Gasteiger partial charge in [-0.05, 0) is 36.6 Å². The van der Waals surface area contributed by atoms with Gasteiger partial charge in [0.15, 0.2) is 0 Å². The Hall–Kier alpha value is -1.75. The molecule has 0 amide bonds. The van der Waals surface area contributed by atoms with Crippen molar-refractivity contribution >= 4 is 12.4 Å². The number of aliphatic hydroxyl groups is 1. The van der Waals surface area contributed by atoms with Crippen LogP contribution in [0.3, 0.4) is 0 Å². The van der Waals surface area contributed by atoms with Crippen molar-refractivity contribution in [1.29, 1.82) is 0 Å². The minimum Gasteiger partial charge on any atom is -0.497 e. The number of nitrogens with one attached hydrogen (secondary N) is 1. The third-order valence-electron chi connectivity index (χ3n) is 4.03. The first-order valence-electron chi connectivity index (χ1n) is 8.39. The van der Waals surface area contributed by atoms with E-state index in [9.17, 15) is 5.11 Å². The van der Waals surface area contributed by atoms with Crippen LogP contribution in [0.15, 0.2) is 48.5 Å². The summed E-state index contributed by atoms with van der Waals surface area (Å²) in [6.45, 7) is 4.95. The summed E-state index contributed by atoms with van der Waals surface area (Å²) >= 11 is 0. The monoisotopic (exact) mass is 365 g/mol. The average molecular weight is 366 g/mol. The first-order valence-corrected chi connectivity index (χ1v) is 8.39. The van der Waals surface area contributed by atoms with Gasteiger partial charge in [-0.25, -0.2) is 0 Å². The number of ether oxygens (including phenoxy) is 2. The Balaban J connectivity index is 0.00000312. The lowest BCUT2D eigenvalue weighted by Crippen LogP contribution is -2.33. The second-order valence-electron chi connectivity index (χ2n) is 5.87. The Morgan fingerprint density at radius 2 is 1.76 bits per heavy atom. The molecule has 0 radical (unpaired) electrons. The van der Waals surface area contributed by atoms with Crippen molar-refractivity contribution < 1.29 is 14.6 Å². The standard InChI is InChI=1S/C20H27NO3.ClH/c1-4-16-8-10-17(11-9-16)15(2)21-13-18(22)14-24-20-7-5-6-19(12-20)23-3;/h5-12,15,18,21-22H,4,13-14H2,1-3H3;1H. The van der Waals surface area contributed by atoms with E-state index in [0.717, 1.165) is 12.2 Å². The Morgan fingerprint density at radius 1 is 1.08 bits per heavy atom. The molecule has 0 saturated heterocycles. The lowest BCUT2D eigenvalue weighted by atomic mass is 10.0. The van der Waals surface area contributed by atoms with Gasteiger partial charge in [0, 0.05) is 18.7 Å². The van der Waals surface area contributed by atoms with Gasteiger partial charge in [0.05, 0.1) is 7.11 Å². The third kappa shape index (κ3) is 6.94. The highest BCUT2D eigenvalue weighted by atomic mass is 35.5. The molecule has 0 aliphatic rings. The molecule has 2 atom stereocenters. The minimum absolute atomic E-state index is 0. The van der Waals surface area contributed by atoms with Crippen LogP contribution in [0.25, 0.3) is 0 Å². The number of aliphatic hydroxyl groups excluding tert-OH is 1. The molecular weight excluding hydrogens is 338 g/mol. The van der Waals surface area contributed by atoms with E-state index in [2.05, 4.69) is 43.4 Å². The van der Waals surface area contributed by atoms with Crippen molar-refractivity contribution in [3.05, 3.63) is 59.7 Å². The van der Waals surface area contributed by atoms with Gasteiger partial charge in [-0.15, -0.1) is 12.4 Å². The first-order chi connectivity index (χ1) is 11.6. The molecule has 0 aromatic heterocycles. The van der Waals surface area contributed by atoms with Crippen LogP contribution in [0.5, 0.6) is 11.5 Å². The van der Waals surface area contributed by atoms with E-state index in [1.165, 1.54) is 11.1 Å². The van der Waals surface area contributed by atoms with Crippen molar-refractivity contribution in [3.8, 4) is 11.5 Å². The molecule has 2 unspecified atom stereocenters. The number of hydrogen-bond acceptors (Lipinski definition) is 4. The predicted octanol–water partition coefficient (Wildman–Crippen LogP) is 3.77. The molecule has 2 aromatic rings. The van der Waals surface area contributed by atoms with Crippen molar-refractivity contribution in [2.75, 3.05) is 20.3 Å². The number of methoxy groups -OCH3 is 1. The van der Waals surface area contributed by atoms with Gasteiger partial charge in [0.2, 0.25) is 0 Å². The summed E-state index contributed by atoms with van der Waals surface area (Å²) in [4.78, 5) is 0. The topological polar surface area (TPSA) is 50.7 Å². The molecule has 2 N–H and O–H groups in total. The summed E-state index contributed by atoms with van der Waals surface area (Å²) in [6, 6.07) is 16.1. The molecule has 0 aliphatic heterocycles. The molecule has 0 fully saturated rings. The van der Waals surface area contributed by atoms with Crippen molar-refractivity contribution in [2.45, 2.75) is 32.4 Å². The summed E-state index contributed by atoms with van der Waals surface area (Å²) in [5, 5.41) is 13.4. The van der Waals surface area contributed by atoms with Crippen LogP contribution < -0.4 is 14.8 Å². The smallest absolute Gasteiger partial charge is 0.123 e. The van der Waals surface area contributed by atoms with E-state index in [-0.39, 0.29) is 25.1 Å². The van der Waals surface area contributed by atoms with E-state index in [1.54, 1.807) is 13.2 Å². The summed E-state index contributed by atoms with van der Waals surface area (Å²) in [5.41, 5.74) is 2.55. The van der Waals surface area contributed by atoms with Gasteiger partial charge in [0.1, 0.15) is 24.2 Å². The van der Waals surface area contributed by atoms with E-state index in [0.29, 0.717) is 12.3 Å². The van der Waals surface area contributed by atoms with Crippen molar-refractivity contribution in [3.63, 3.8) is 0 Å². The second-order valence-corrected chi connectivity index (χ2v) is 5.87. The molecule has 5 heteroatoms. The summed E-state index contributed by atoms with van der Waals surface area (Å²) in [7, 11) is 1.62. The number of aryl methyl sites for hydroxylation is 1. The molecule has 0 aliphatic carbocycles. The SMILES string of the molecule is CCc1ccc(C(C)NCC(O)COc2cccc(OC)c2)cc1.Cl. The maximum atomic E-state index is 10.1. The van der Waals surface area contributed by atoms with Crippen molar-refractivity contribution in [2.24, 2.45) is 0 Å². The summed E-state index contributed by atoms with van der Waals surface area (Å²) in [6.07, 6.45) is 0.469. The Kier molecular flexibility index (Phi) is 9.35. The van der Waals surface area contributed by atoms with Gasteiger partial charge in [0.25, 0.3) is 0 Å². The Bertz CT molecular complexity index is 619. The van der Waals surface area contributed by atoms with Crippen LogP contribution in [0, 0.1) is 0 Å². The zero-order valence-corrected chi connectivity index (χ0v) is 15.9. The van der Waals surface area contributed by atoms with E-state index in [4.69, 9.17) is 9.47 Å². The molecule has 2 aromatic carbocycles. The van der Waals surface area contributed by atoms with Crippen LogP contribution in [-0.2, 0) is 6.42 Å². The molecule has 0 bridgehead atoms. The molecule has 0 heterocycles. The lowest BCUT2D eigenvalue weighted by molar-refractivity contribution is 0.104. The highest BCUT2D eigenvalue weighted by Gasteiger charge is 2.10. The Labute approximate surface area is 156 Å². The van der Waals surface area contributed by atoms with Crippen LogP contribution in [0.4, 0.5) is 0 Å². The average Bonchev–Trinajstić information content (AvgIpc) is 2.64. The summed E-state index contributed by atoms with van der Waals surface area (Å²) in [5.74, 6) is 1.43. The van der Waals surface area contributed by atoms with Crippen LogP contribution >= 0.6 is 12.4 Å². The normalized spacial score (nSPS) is 12.8. The fraction of sp³-hybridized carbons (Fsp3) is 0.400. The van der Waals surface area contributed by atoms with Crippen molar-refractivity contribution in [1.82, 2.24) is 5.32 Å². The maximum Gasteiger partial charge on any atom is 0.123 e. The van der Waals surface area contributed by atoms with Gasteiger partial charge in [-0.3, -0.25) is 0 Å². The molecular formula is C20H28ClNO3. The fourth-order valence-corrected chi connectivity index (χ4v) is 2.41. The number of halogens is 1. The molecule has 4 nitrogen and oxygen atoms in total. The highest BCUT2D eigenvalue weighted by Crippen LogP contribution is 2.19. The third-order valence-corrected chi connectivity index (χ3v) is 4.03. The quantitative estimate of drug-likeness (QED) is 0.710. The molecule has 0 saturated carbocycles. The van der Waals surface area contributed by atoms with Crippen LogP contribution in [0.2, 0.25) is 0 Å². The second kappa shape index (κ2) is 11.0. The fourth-order valence-electron chi connectivity index (χ4n) is 2.41. The van der Waals surface area contributed by atoms with Gasteiger partial charge in [-0.1, -0.05) is 37.3 Å². The van der Waals surface area contributed by atoms with Crippen LogP contribution in [0.1, 0.15) is 31.0 Å². The van der Waals surface area contributed by atoms with E-state index < -0.39 is 6.10 Å². The van der Waals surface area contributed by atoms with Crippen LogP contribution in [-0.4, -0.2) is 31.5 Å². The largest absolute Gasteiger partial charge is 0.497 e. The molecule has 0 spiro atoms. The lowest BCUT2D eigenvalue weighted by Gasteiger charge is -2.18. The number of benzene rings is 2. The van der Waals surface area contributed by atoms with E-state index in [1.807, 2.05) is 18.2 Å². The zero-order valence-electron chi connectivity index (χ0n) is 15.1. The number of rotatable bonds is 9. The first kappa shape index (κ1) is 21.3. The van der Waals surface area contributed by atoms with E-state index >= 15 is 0 Å². The Morgan fingerprint density at radius 3 is 2.40 bits per heavy atom. The highest BCUT2D eigenvalue weighted by molar-refractivity contribution is 5.85. The molecule has 138 valence electrons. The van der Waals surface area contributed by atoms with Gasteiger partial charge in [-0.2, -0.15) is 0 Å². The maximum absolute atomic E-state index is 10.1. The zero-order chi connectivity index (χ0) is 17.4. The van der Waals surface area contributed by atoms with Gasteiger partial charge >= 0.3 is 0 Å². The molecule has 25 heavy (non-hydrogen) atoms. The predicted molar refractivity (Wildman–Crippen MR) is 104 cm³/mol. The number of hydrogen-bond donors (Lipinski definition) is 2. The van der Waals surface area contributed by atoms with Gasteiger partial charge < -0.3 is 19.9 Å². The molecule has 2 rings (SSSR count). The minimum atomic E-state index is -0.575.